The zero-order valence-electron chi connectivity index (χ0n) is 11.8. The van der Waals surface area contributed by atoms with E-state index in [4.69, 9.17) is 11.5 Å². The van der Waals surface area contributed by atoms with Crippen molar-refractivity contribution in [2.45, 2.75) is 19.9 Å². The average molecular weight is 267 g/mol. The molecule has 0 radical (unpaired) electrons. The van der Waals surface area contributed by atoms with Crippen molar-refractivity contribution >= 4 is 17.1 Å². The molecule has 2 aromatic carbocycles. The SMILES string of the molecule is CC/C=C(/Nc1ccccc1N)c1ccc(CN)cc1. The van der Waals surface area contributed by atoms with E-state index in [1.807, 2.05) is 24.3 Å². The highest BCUT2D eigenvalue weighted by Gasteiger charge is 2.04. The number of para-hydroxylation sites is 2. The number of nitrogens with one attached hydrogen (secondary N) is 1. The fourth-order valence-corrected chi connectivity index (χ4v) is 2.02. The molecule has 0 bridgehead atoms. The van der Waals surface area contributed by atoms with Crippen molar-refractivity contribution in [3.8, 4) is 0 Å². The van der Waals surface area contributed by atoms with Gasteiger partial charge in [-0.2, -0.15) is 0 Å². The van der Waals surface area contributed by atoms with Crippen LogP contribution in [0.25, 0.3) is 5.70 Å². The van der Waals surface area contributed by atoms with Crippen molar-refractivity contribution in [3.05, 3.63) is 65.7 Å². The van der Waals surface area contributed by atoms with Crippen LogP contribution < -0.4 is 16.8 Å². The second-order valence-corrected chi connectivity index (χ2v) is 4.64. The summed E-state index contributed by atoms with van der Waals surface area (Å²) in [7, 11) is 0. The molecule has 0 aliphatic carbocycles. The first-order chi connectivity index (χ1) is 9.74. The fraction of sp³-hybridized carbons (Fsp3) is 0.176. The molecule has 2 rings (SSSR count). The Morgan fingerprint density at radius 3 is 2.40 bits per heavy atom. The number of hydrogen-bond donors (Lipinski definition) is 3. The van der Waals surface area contributed by atoms with Crippen LogP contribution in [0.2, 0.25) is 0 Å². The molecule has 0 fully saturated rings. The van der Waals surface area contributed by atoms with Gasteiger partial charge in [-0.25, -0.2) is 0 Å². The lowest BCUT2D eigenvalue weighted by Crippen LogP contribution is -2.02. The number of hydrogen-bond acceptors (Lipinski definition) is 3. The first-order valence-electron chi connectivity index (χ1n) is 6.85. The van der Waals surface area contributed by atoms with E-state index in [9.17, 15) is 0 Å². The van der Waals surface area contributed by atoms with Gasteiger partial charge < -0.3 is 16.8 Å². The summed E-state index contributed by atoms with van der Waals surface area (Å²) in [6.45, 7) is 2.68. The monoisotopic (exact) mass is 267 g/mol. The van der Waals surface area contributed by atoms with Crippen molar-refractivity contribution < 1.29 is 0 Å². The Bertz CT molecular complexity index is 585. The Morgan fingerprint density at radius 2 is 1.80 bits per heavy atom. The highest BCUT2D eigenvalue weighted by molar-refractivity contribution is 5.81. The summed E-state index contributed by atoms with van der Waals surface area (Å²) < 4.78 is 0. The topological polar surface area (TPSA) is 64.1 Å². The van der Waals surface area contributed by atoms with E-state index in [1.54, 1.807) is 0 Å². The van der Waals surface area contributed by atoms with E-state index in [1.165, 1.54) is 0 Å². The largest absolute Gasteiger partial charge is 0.397 e. The normalized spacial score (nSPS) is 11.4. The number of nitrogens with two attached hydrogens (primary N) is 2. The van der Waals surface area contributed by atoms with Crippen LogP contribution in [0.4, 0.5) is 11.4 Å². The third-order valence-corrected chi connectivity index (χ3v) is 3.14. The maximum atomic E-state index is 5.98. The first kappa shape index (κ1) is 14.2. The number of rotatable bonds is 5. The average Bonchev–Trinajstić information content (AvgIpc) is 2.49. The predicted molar refractivity (Wildman–Crippen MR) is 87.1 cm³/mol. The summed E-state index contributed by atoms with van der Waals surface area (Å²) in [5.74, 6) is 0. The first-order valence-corrected chi connectivity index (χ1v) is 6.85. The number of benzene rings is 2. The Hall–Kier alpha value is -2.26. The molecule has 0 aliphatic heterocycles. The molecule has 0 saturated carbocycles. The third kappa shape index (κ3) is 3.39. The minimum Gasteiger partial charge on any atom is -0.397 e. The summed E-state index contributed by atoms with van der Waals surface area (Å²) in [5, 5.41) is 3.41. The van der Waals surface area contributed by atoms with Crippen molar-refractivity contribution in [1.29, 1.82) is 0 Å². The molecule has 0 unspecified atom stereocenters. The lowest BCUT2D eigenvalue weighted by Gasteiger charge is -2.14. The van der Waals surface area contributed by atoms with E-state index >= 15 is 0 Å². The molecule has 0 aromatic heterocycles. The molecule has 3 heteroatoms. The standard InChI is InChI=1S/C17H21N3/c1-2-5-16(14-10-8-13(12-18)9-11-14)20-17-7-4-3-6-15(17)19/h3-11,20H,2,12,18-19H2,1H3/b16-5+. The Labute approximate surface area is 120 Å². The zero-order valence-corrected chi connectivity index (χ0v) is 11.8. The molecule has 0 heterocycles. The zero-order chi connectivity index (χ0) is 14.4. The van der Waals surface area contributed by atoms with Crippen LogP contribution in [0.5, 0.6) is 0 Å². The van der Waals surface area contributed by atoms with E-state index in [0.717, 1.165) is 34.6 Å². The van der Waals surface area contributed by atoms with Gasteiger partial charge in [-0.15, -0.1) is 0 Å². The van der Waals surface area contributed by atoms with Crippen molar-refractivity contribution in [2.24, 2.45) is 5.73 Å². The molecule has 2 aromatic rings. The molecule has 5 N–H and O–H groups in total. The second-order valence-electron chi connectivity index (χ2n) is 4.64. The van der Waals surface area contributed by atoms with E-state index < -0.39 is 0 Å². The van der Waals surface area contributed by atoms with Gasteiger partial charge in [-0.1, -0.05) is 49.4 Å². The Balaban J connectivity index is 2.27. The Kier molecular flexibility index (Phi) is 4.80. The van der Waals surface area contributed by atoms with Crippen molar-refractivity contribution in [1.82, 2.24) is 0 Å². The minimum atomic E-state index is 0.562. The molecule has 0 aliphatic rings. The number of anilines is 2. The van der Waals surface area contributed by atoms with Gasteiger partial charge in [0.25, 0.3) is 0 Å². The van der Waals surface area contributed by atoms with Gasteiger partial charge >= 0.3 is 0 Å². The second kappa shape index (κ2) is 6.78. The van der Waals surface area contributed by atoms with Gasteiger partial charge in [0.2, 0.25) is 0 Å². The van der Waals surface area contributed by atoms with Gasteiger partial charge in [0.15, 0.2) is 0 Å². The lowest BCUT2D eigenvalue weighted by molar-refractivity contribution is 1.07. The number of nitrogen functional groups attached to an aromatic ring is 1. The maximum absolute atomic E-state index is 5.98. The maximum Gasteiger partial charge on any atom is 0.0617 e. The molecule has 0 atom stereocenters. The van der Waals surface area contributed by atoms with Crippen molar-refractivity contribution in [3.63, 3.8) is 0 Å². The molecule has 20 heavy (non-hydrogen) atoms. The van der Waals surface area contributed by atoms with Crippen LogP contribution in [0.3, 0.4) is 0 Å². The van der Waals surface area contributed by atoms with Crippen LogP contribution >= 0.6 is 0 Å². The van der Waals surface area contributed by atoms with Crippen LogP contribution in [0.1, 0.15) is 24.5 Å². The summed E-state index contributed by atoms with van der Waals surface area (Å²) in [6.07, 6.45) is 3.11. The van der Waals surface area contributed by atoms with Crippen LogP contribution in [-0.4, -0.2) is 0 Å². The van der Waals surface area contributed by atoms with Gasteiger partial charge in [0, 0.05) is 12.2 Å². The van der Waals surface area contributed by atoms with Gasteiger partial charge in [-0.05, 0) is 29.7 Å². The minimum absolute atomic E-state index is 0.562. The van der Waals surface area contributed by atoms with Crippen LogP contribution in [0.15, 0.2) is 54.6 Å². The molecule has 104 valence electrons. The predicted octanol–water partition coefficient (Wildman–Crippen LogP) is 3.59. The molecule has 0 spiro atoms. The van der Waals surface area contributed by atoms with Gasteiger partial charge in [-0.3, -0.25) is 0 Å². The van der Waals surface area contributed by atoms with E-state index in [-0.39, 0.29) is 0 Å². The Morgan fingerprint density at radius 1 is 1.10 bits per heavy atom. The smallest absolute Gasteiger partial charge is 0.0617 e. The fourth-order valence-electron chi connectivity index (χ4n) is 2.02. The highest BCUT2D eigenvalue weighted by atomic mass is 14.9. The van der Waals surface area contributed by atoms with E-state index in [2.05, 4.69) is 42.6 Å². The summed E-state index contributed by atoms with van der Waals surface area (Å²) >= 11 is 0. The molecular formula is C17H21N3. The van der Waals surface area contributed by atoms with E-state index in [0.29, 0.717) is 6.54 Å². The summed E-state index contributed by atoms with van der Waals surface area (Å²) in [4.78, 5) is 0. The van der Waals surface area contributed by atoms with Crippen LogP contribution in [0, 0.1) is 0 Å². The molecule has 3 nitrogen and oxygen atoms in total. The summed E-state index contributed by atoms with van der Waals surface area (Å²) in [6, 6.07) is 16.0. The molecule has 0 amide bonds. The van der Waals surface area contributed by atoms with Crippen molar-refractivity contribution in [2.75, 3.05) is 11.1 Å². The lowest BCUT2D eigenvalue weighted by atomic mass is 10.1. The molecule has 0 saturated heterocycles. The quantitative estimate of drug-likeness (QED) is 0.725. The van der Waals surface area contributed by atoms with Crippen LogP contribution in [-0.2, 0) is 6.54 Å². The highest BCUT2D eigenvalue weighted by Crippen LogP contribution is 2.24. The number of allylic oxidation sites excluding steroid dienone is 1. The third-order valence-electron chi connectivity index (χ3n) is 3.14. The van der Waals surface area contributed by atoms with Gasteiger partial charge in [0.1, 0.15) is 0 Å². The molecular weight excluding hydrogens is 246 g/mol. The van der Waals surface area contributed by atoms with Gasteiger partial charge in [0.05, 0.1) is 11.4 Å². The summed E-state index contributed by atoms with van der Waals surface area (Å²) in [5.41, 5.74) is 16.6.